The number of amides is 2. The monoisotopic (exact) mass is 299 g/mol. The molecule has 0 aromatic carbocycles. The summed E-state index contributed by atoms with van der Waals surface area (Å²) in [7, 11) is 0. The molecule has 1 atom stereocenters. The lowest BCUT2D eigenvalue weighted by Crippen LogP contribution is -2.65. The summed E-state index contributed by atoms with van der Waals surface area (Å²) in [6, 6.07) is 3.55. The van der Waals surface area contributed by atoms with Crippen molar-refractivity contribution in [2.75, 3.05) is 26.2 Å². The number of nitrogens with one attached hydrogen (secondary N) is 1. The van der Waals surface area contributed by atoms with Crippen LogP contribution in [0, 0.1) is 0 Å². The molecule has 0 radical (unpaired) electrons. The highest BCUT2D eigenvalue weighted by molar-refractivity contribution is 7.16. The SMILES string of the molecule is O=C1NCC(=O)N2CCN(Cc3ccc(Cl)s3)C[C@H]12. The highest BCUT2D eigenvalue weighted by Gasteiger charge is 2.38. The minimum Gasteiger partial charge on any atom is -0.345 e. The van der Waals surface area contributed by atoms with E-state index >= 15 is 0 Å². The molecule has 0 spiro atoms. The van der Waals surface area contributed by atoms with Gasteiger partial charge >= 0.3 is 0 Å². The molecule has 3 rings (SSSR count). The minimum atomic E-state index is -0.342. The molecule has 19 heavy (non-hydrogen) atoms. The van der Waals surface area contributed by atoms with Gasteiger partial charge in [0, 0.05) is 31.1 Å². The van der Waals surface area contributed by atoms with Crippen LogP contribution in [-0.4, -0.2) is 53.8 Å². The van der Waals surface area contributed by atoms with Crippen LogP contribution in [0.25, 0.3) is 0 Å². The first-order chi connectivity index (χ1) is 9.13. The number of rotatable bonds is 2. The predicted octanol–water partition coefficient (Wildman–Crippen LogP) is 0.544. The Hall–Kier alpha value is -1.11. The number of carbonyl (C=O) groups is 2. The van der Waals surface area contributed by atoms with Gasteiger partial charge in [-0.3, -0.25) is 14.5 Å². The first-order valence-corrected chi connectivity index (χ1v) is 7.36. The summed E-state index contributed by atoms with van der Waals surface area (Å²) < 4.78 is 0.777. The van der Waals surface area contributed by atoms with E-state index in [1.807, 2.05) is 12.1 Å². The smallest absolute Gasteiger partial charge is 0.244 e. The number of thiophene rings is 1. The van der Waals surface area contributed by atoms with Gasteiger partial charge in [-0.2, -0.15) is 0 Å². The van der Waals surface area contributed by atoms with E-state index in [9.17, 15) is 9.59 Å². The third-order valence-corrected chi connectivity index (χ3v) is 4.73. The topological polar surface area (TPSA) is 52.7 Å². The molecule has 1 aromatic rings. The Kier molecular flexibility index (Phi) is 3.47. The molecule has 1 aromatic heterocycles. The second kappa shape index (κ2) is 5.11. The predicted molar refractivity (Wildman–Crippen MR) is 73.1 cm³/mol. The minimum absolute atomic E-state index is 0.0171. The summed E-state index contributed by atoms with van der Waals surface area (Å²) in [5.74, 6) is -0.0306. The van der Waals surface area contributed by atoms with Crippen LogP contribution in [0.3, 0.4) is 0 Å². The highest BCUT2D eigenvalue weighted by atomic mass is 35.5. The lowest BCUT2D eigenvalue weighted by molar-refractivity contribution is -0.149. The van der Waals surface area contributed by atoms with Gasteiger partial charge in [0.1, 0.15) is 6.04 Å². The summed E-state index contributed by atoms with van der Waals surface area (Å²) in [4.78, 5) is 28.6. The van der Waals surface area contributed by atoms with E-state index in [-0.39, 0.29) is 24.4 Å². The average molecular weight is 300 g/mol. The second-order valence-corrected chi connectivity index (χ2v) is 6.56. The molecule has 102 valence electrons. The molecule has 0 unspecified atom stereocenters. The molecule has 2 amide bonds. The van der Waals surface area contributed by atoms with Gasteiger partial charge in [0.05, 0.1) is 10.9 Å². The van der Waals surface area contributed by atoms with Crippen molar-refractivity contribution in [3.8, 4) is 0 Å². The third kappa shape index (κ3) is 2.61. The molecular formula is C12H14ClN3O2S. The Morgan fingerprint density at radius 1 is 1.37 bits per heavy atom. The van der Waals surface area contributed by atoms with Crippen LogP contribution in [0.15, 0.2) is 12.1 Å². The van der Waals surface area contributed by atoms with E-state index in [1.165, 1.54) is 4.88 Å². The van der Waals surface area contributed by atoms with Crippen molar-refractivity contribution < 1.29 is 9.59 Å². The van der Waals surface area contributed by atoms with Crippen LogP contribution >= 0.6 is 22.9 Å². The standard InChI is InChI=1S/C12H14ClN3O2S/c13-10-2-1-8(19-10)6-15-3-4-16-9(7-15)12(18)14-5-11(16)17/h1-2,9H,3-7H2,(H,14,18)/t9-/m1/s1. The van der Waals surface area contributed by atoms with E-state index in [1.54, 1.807) is 16.2 Å². The van der Waals surface area contributed by atoms with Gasteiger partial charge in [-0.05, 0) is 12.1 Å². The fourth-order valence-electron chi connectivity index (χ4n) is 2.55. The first kappa shape index (κ1) is 12.9. The molecule has 2 saturated heterocycles. The van der Waals surface area contributed by atoms with Crippen molar-refractivity contribution in [3.05, 3.63) is 21.3 Å². The maximum Gasteiger partial charge on any atom is 0.244 e. The van der Waals surface area contributed by atoms with Crippen molar-refractivity contribution >= 4 is 34.8 Å². The summed E-state index contributed by atoms with van der Waals surface area (Å²) in [6.45, 7) is 2.92. The zero-order valence-corrected chi connectivity index (χ0v) is 11.8. The average Bonchev–Trinajstić information content (AvgIpc) is 2.80. The zero-order chi connectivity index (χ0) is 13.4. The van der Waals surface area contributed by atoms with Crippen molar-refractivity contribution in [1.82, 2.24) is 15.1 Å². The van der Waals surface area contributed by atoms with Gasteiger partial charge in [-0.25, -0.2) is 0 Å². The molecule has 2 aliphatic rings. The molecular weight excluding hydrogens is 286 g/mol. The van der Waals surface area contributed by atoms with Crippen LogP contribution in [0.1, 0.15) is 4.88 Å². The van der Waals surface area contributed by atoms with Gasteiger partial charge in [-0.1, -0.05) is 11.6 Å². The fraction of sp³-hybridized carbons (Fsp3) is 0.500. The fourth-order valence-corrected chi connectivity index (χ4v) is 3.68. The van der Waals surface area contributed by atoms with E-state index in [4.69, 9.17) is 11.6 Å². The summed E-state index contributed by atoms with van der Waals surface area (Å²) in [5.41, 5.74) is 0. The van der Waals surface area contributed by atoms with Gasteiger partial charge in [0.2, 0.25) is 11.8 Å². The van der Waals surface area contributed by atoms with Gasteiger partial charge in [0.25, 0.3) is 0 Å². The number of halogens is 1. The Morgan fingerprint density at radius 3 is 2.95 bits per heavy atom. The molecule has 7 heteroatoms. The lowest BCUT2D eigenvalue weighted by Gasteiger charge is -2.42. The molecule has 2 fully saturated rings. The van der Waals surface area contributed by atoms with Gasteiger partial charge in [0.15, 0.2) is 0 Å². The number of carbonyl (C=O) groups excluding carboxylic acids is 2. The van der Waals surface area contributed by atoms with Crippen LogP contribution in [-0.2, 0) is 16.1 Å². The van der Waals surface area contributed by atoms with E-state index in [0.29, 0.717) is 13.1 Å². The number of fused-ring (bicyclic) bond motifs is 1. The second-order valence-electron chi connectivity index (χ2n) is 4.76. The molecule has 1 N–H and O–H groups in total. The van der Waals surface area contributed by atoms with Crippen LogP contribution in [0.4, 0.5) is 0 Å². The van der Waals surface area contributed by atoms with E-state index < -0.39 is 0 Å². The number of piperazine rings is 2. The molecule has 0 bridgehead atoms. The Morgan fingerprint density at radius 2 is 2.21 bits per heavy atom. The molecule has 5 nitrogen and oxygen atoms in total. The van der Waals surface area contributed by atoms with Crippen LogP contribution in [0.2, 0.25) is 4.34 Å². The van der Waals surface area contributed by atoms with E-state index in [2.05, 4.69) is 10.2 Å². The molecule has 2 aliphatic heterocycles. The highest BCUT2D eigenvalue weighted by Crippen LogP contribution is 2.24. The molecule has 0 aliphatic carbocycles. The first-order valence-electron chi connectivity index (χ1n) is 6.17. The number of hydrogen-bond donors (Lipinski definition) is 1. The summed E-state index contributed by atoms with van der Waals surface area (Å²) >= 11 is 7.47. The van der Waals surface area contributed by atoms with Crippen LogP contribution < -0.4 is 5.32 Å². The Labute approximate surface area is 120 Å². The maximum atomic E-state index is 11.8. The van der Waals surface area contributed by atoms with Crippen molar-refractivity contribution in [1.29, 1.82) is 0 Å². The van der Waals surface area contributed by atoms with Crippen molar-refractivity contribution in [3.63, 3.8) is 0 Å². The number of hydrogen-bond acceptors (Lipinski definition) is 4. The zero-order valence-electron chi connectivity index (χ0n) is 10.3. The molecule has 3 heterocycles. The van der Waals surface area contributed by atoms with Gasteiger partial charge < -0.3 is 10.2 Å². The number of nitrogens with zero attached hydrogens (tertiary/aromatic N) is 2. The third-order valence-electron chi connectivity index (χ3n) is 3.51. The van der Waals surface area contributed by atoms with Crippen LogP contribution in [0.5, 0.6) is 0 Å². The Balaban J connectivity index is 1.67. The quantitative estimate of drug-likeness (QED) is 0.867. The summed E-state index contributed by atoms with van der Waals surface area (Å²) in [5, 5.41) is 2.64. The largest absolute Gasteiger partial charge is 0.345 e. The normalized spacial score (nSPS) is 24.3. The van der Waals surface area contributed by atoms with E-state index in [0.717, 1.165) is 17.4 Å². The Bertz CT molecular complexity index is 519. The summed E-state index contributed by atoms with van der Waals surface area (Å²) in [6.07, 6.45) is 0. The van der Waals surface area contributed by atoms with Gasteiger partial charge in [-0.15, -0.1) is 11.3 Å². The maximum absolute atomic E-state index is 11.8. The molecule has 0 saturated carbocycles. The van der Waals surface area contributed by atoms with Crippen molar-refractivity contribution in [2.24, 2.45) is 0 Å². The lowest BCUT2D eigenvalue weighted by atomic mass is 10.1. The van der Waals surface area contributed by atoms with Crippen molar-refractivity contribution in [2.45, 2.75) is 12.6 Å².